The lowest BCUT2D eigenvalue weighted by atomic mass is 10.1. The second kappa shape index (κ2) is 11.3. The van der Waals surface area contributed by atoms with E-state index in [1.165, 1.54) is 6.07 Å². The van der Waals surface area contributed by atoms with Crippen molar-refractivity contribution in [2.45, 2.75) is 41.5 Å². The fraction of sp³-hybridized carbons (Fsp3) is 0.300. The van der Waals surface area contributed by atoms with E-state index in [4.69, 9.17) is 11.0 Å². The second-order valence-electron chi connectivity index (χ2n) is 4.78. The maximum atomic E-state index is 12.3. The van der Waals surface area contributed by atoms with E-state index in [1.54, 1.807) is 12.1 Å². The number of hydrogen-bond acceptors (Lipinski definition) is 3. The van der Waals surface area contributed by atoms with Crippen molar-refractivity contribution in [3.8, 4) is 6.07 Å². The van der Waals surface area contributed by atoms with Crippen molar-refractivity contribution in [3.63, 3.8) is 0 Å². The standard InChI is InChI=1S/C16H14BrN3O.2C2H6/c1-9-5-13(17)6-10(2)15(9)20-16(21)11-3-4-12(8-18)14(19)7-11;2*1-2/h3-7H,19H2,1-2H3,(H,20,21);2*1-2H3. The molecule has 0 radical (unpaired) electrons. The lowest BCUT2D eigenvalue weighted by molar-refractivity contribution is 0.102. The highest BCUT2D eigenvalue weighted by atomic mass is 79.9. The predicted molar refractivity (Wildman–Crippen MR) is 110 cm³/mol. The Morgan fingerprint density at radius 3 is 2.04 bits per heavy atom. The number of nitrogen functional groups attached to an aromatic ring is 1. The third-order valence-corrected chi connectivity index (χ3v) is 3.63. The van der Waals surface area contributed by atoms with E-state index in [2.05, 4.69) is 21.2 Å². The summed E-state index contributed by atoms with van der Waals surface area (Å²) in [4.78, 5) is 12.3. The van der Waals surface area contributed by atoms with Crippen LogP contribution >= 0.6 is 15.9 Å². The van der Waals surface area contributed by atoms with Crippen molar-refractivity contribution in [1.82, 2.24) is 0 Å². The van der Waals surface area contributed by atoms with Crippen molar-refractivity contribution in [2.75, 3.05) is 11.1 Å². The van der Waals surface area contributed by atoms with Crippen LogP contribution in [0.15, 0.2) is 34.8 Å². The van der Waals surface area contributed by atoms with Crippen molar-refractivity contribution < 1.29 is 4.79 Å². The minimum absolute atomic E-state index is 0.250. The zero-order valence-corrected chi connectivity index (χ0v) is 17.3. The average molecular weight is 404 g/mol. The first-order chi connectivity index (χ1) is 11.9. The summed E-state index contributed by atoms with van der Waals surface area (Å²) in [6.45, 7) is 11.9. The van der Waals surface area contributed by atoms with Gasteiger partial charge in [0, 0.05) is 15.7 Å². The fourth-order valence-corrected chi connectivity index (χ4v) is 2.79. The summed E-state index contributed by atoms with van der Waals surface area (Å²) >= 11 is 3.42. The van der Waals surface area contributed by atoms with Gasteiger partial charge in [0.1, 0.15) is 6.07 Å². The second-order valence-corrected chi connectivity index (χ2v) is 5.70. The number of aryl methyl sites for hydroxylation is 2. The first kappa shape index (κ1) is 22.7. The summed E-state index contributed by atoms with van der Waals surface area (Å²) in [5.41, 5.74) is 9.54. The van der Waals surface area contributed by atoms with Gasteiger partial charge in [-0.3, -0.25) is 4.79 Å². The molecule has 4 nitrogen and oxygen atoms in total. The third kappa shape index (κ3) is 6.24. The molecule has 0 aliphatic carbocycles. The Balaban J connectivity index is 0.00000134. The largest absolute Gasteiger partial charge is 0.398 e. The molecule has 2 rings (SSSR count). The molecule has 2 aromatic carbocycles. The monoisotopic (exact) mass is 403 g/mol. The van der Waals surface area contributed by atoms with Crippen LogP contribution in [0.25, 0.3) is 0 Å². The van der Waals surface area contributed by atoms with Crippen LogP contribution in [0.2, 0.25) is 0 Å². The van der Waals surface area contributed by atoms with Gasteiger partial charge in [-0.2, -0.15) is 5.26 Å². The van der Waals surface area contributed by atoms with Gasteiger partial charge in [-0.05, 0) is 55.3 Å². The molecule has 0 unspecified atom stereocenters. The minimum atomic E-state index is -0.250. The summed E-state index contributed by atoms with van der Waals surface area (Å²) in [6.07, 6.45) is 0. The van der Waals surface area contributed by atoms with Gasteiger partial charge in [0.25, 0.3) is 5.91 Å². The third-order valence-electron chi connectivity index (χ3n) is 3.17. The summed E-state index contributed by atoms with van der Waals surface area (Å²) in [6, 6.07) is 10.5. The summed E-state index contributed by atoms with van der Waals surface area (Å²) in [7, 11) is 0. The Labute approximate surface area is 159 Å². The van der Waals surface area contributed by atoms with Crippen LogP contribution in [0.4, 0.5) is 11.4 Å². The molecule has 0 aliphatic heterocycles. The van der Waals surface area contributed by atoms with Gasteiger partial charge in [0.05, 0.1) is 11.3 Å². The number of anilines is 2. The number of benzene rings is 2. The van der Waals surface area contributed by atoms with Gasteiger partial charge in [-0.15, -0.1) is 0 Å². The number of carbonyl (C=O) groups is 1. The summed E-state index contributed by atoms with van der Waals surface area (Å²) < 4.78 is 0.970. The zero-order chi connectivity index (χ0) is 19.6. The van der Waals surface area contributed by atoms with Gasteiger partial charge in [0.2, 0.25) is 0 Å². The van der Waals surface area contributed by atoms with Crippen molar-refractivity contribution in [1.29, 1.82) is 5.26 Å². The van der Waals surface area contributed by atoms with E-state index >= 15 is 0 Å². The molecule has 0 aliphatic rings. The highest BCUT2D eigenvalue weighted by Gasteiger charge is 2.12. The van der Waals surface area contributed by atoms with Crippen LogP contribution in [-0.4, -0.2) is 5.91 Å². The number of nitrogens with two attached hydrogens (primary N) is 1. The number of carbonyl (C=O) groups excluding carboxylic acids is 1. The maximum absolute atomic E-state index is 12.3. The van der Waals surface area contributed by atoms with Crippen LogP contribution in [0.1, 0.15) is 54.7 Å². The van der Waals surface area contributed by atoms with Gasteiger partial charge in [-0.1, -0.05) is 43.6 Å². The van der Waals surface area contributed by atoms with Gasteiger partial charge in [0.15, 0.2) is 0 Å². The van der Waals surface area contributed by atoms with Gasteiger partial charge in [-0.25, -0.2) is 0 Å². The molecule has 0 spiro atoms. The Kier molecular flexibility index (Phi) is 10.2. The molecule has 134 valence electrons. The summed E-state index contributed by atoms with van der Waals surface area (Å²) in [5.74, 6) is -0.250. The number of nitrogens with zero attached hydrogens (tertiary/aromatic N) is 1. The Hall–Kier alpha value is -2.32. The van der Waals surface area contributed by atoms with Crippen LogP contribution in [0, 0.1) is 25.2 Å². The molecule has 5 heteroatoms. The van der Waals surface area contributed by atoms with E-state index in [1.807, 2.05) is 59.7 Å². The SMILES string of the molecule is CC.CC.Cc1cc(Br)cc(C)c1NC(=O)c1ccc(C#N)c(N)c1. The van der Waals surface area contributed by atoms with Crippen LogP contribution in [0.3, 0.4) is 0 Å². The van der Waals surface area contributed by atoms with Crippen LogP contribution in [0.5, 0.6) is 0 Å². The molecule has 0 fully saturated rings. The van der Waals surface area contributed by atoms with E-state index in [9.17, 15) is 4.79 Å². The van der Waals surface area contributed by atoms with Crippen molar-refractivity contribution in [3.05, 3.63) is 57.1 Å². The molecule has 0 saturated carbocycles. The number of halogens is 1. The minimum Gasteiger partial charge on any atom is -0.398 e. The first-order valence-electron chi connectivity index (χ1n) is 8.30. The van der Waals surface area contributed by atoms with E-state index in [0.717, 1.165) is 21.3 Å². The lowest BCUT2D eigenvalue weighted by Crippen LogP contribution is -2.14. The normalized spacial score (nSPS) is 8.88. The Bertz CT molecular complexity index is 741. The van der Waals surface area contributed by atoms with Gasteiger partial charge < -0.3 is 11.1 Å². The molecular formula is C20H26BrN3O. The van der Waals surface area contributed by atoms with E-state index in [-0.39, 0.29) is 5.91 Å². The molecule has 0 heterocycles. The number of nitriles is 1. The number of amides is 1. The molecule has 25 heavy (non-hydrogen) atoms. The Morgan fingerprint density at radius 1 is 1.08 bits per heavy atom. The maximum Gasteiger partial charge on any atom is 0.255 e. The van der Waals surface area contributed by atoms with Crippen LogP contribution < -0.4 is 11.1 Å². The van der Waals surface area contributed by atoms with Crippen molar-refractivity contribution >= 4 is 33.2 Å². The van der Waals surface area contributed by atoms with E-state index in [0.29, 0.717) is 16.8 Å². The quantitative estimate of drug-likeness (QED) is 0.619. The lowest BCUT2D eigenvalue weighted by Gasteiger charge is -2.12. The molecular weight excluding hydrogens is 378 g/mol. The first-order valence-corrected chi connectivity index (χ1v) is 9.09. The highest BCUT2D eigenvalue weighted by molar-refractivity contribution is 9.10. The fourth-order valence-electron chi connectivity index (χ4n) is 2.10. The highest BCUT2D eigenvalue weighted by Crippen LogP contribution is 2.26. The zero-order valence-electron chi connectivity index (χ0n) is 15.7. The smallest absolute Gasteiger partial charge is 0.255 e. The molecule has 3 N–H and O–H groups in total. The summed E-state index contributed by atoms with van der Waals surface area (Å²) in [5, 5.41) is 11.7. The van der Waals surface area contributed by atoms with E-state index < -0.39 is 0 Å². The predicted octanol–water partition coefficient (Wildman–Crippen LogP) is 5.82. The molecule has 0 aromatic heterocycles. The molecule has 2 aromatic rings. The Morgan fingerprint density at radius 2 is 1.60 bits per heavy atom. The average Bonchev–Trinajstić information content (AvgIpc) is 2.61. The molecule has 0 atom stereocenters. The molecule has 1 amide bonds. The van der Waals surface area contributed by atoms with Crippen molar-refractivity contribution in [2.24, 2.45) is 0 Å². The van der Waals surface area contributed by atoms with Crippen LogP contribution in [-0.2, 0) is 0 Å². The van der Waals surface area contributed by atoms with Gasteiger partial charge >= 0.3 is 0 Å². The molecule has 0 bridgehead atoms. The number of nitrogens with one attached hydrogen (secondary N) is 1. The number of rotatable bonds is 2. The molecule has 0 saturated heterocycles. The topological polar surface area (TPSA) is 78.9 Å². The number of hydrogen-bond donors (Lipinski definition) is 2.